The zero-order chi connectivity index (χ0) is 13.5. The highest BCUT2D eigenvalue weighted by Crippen LogP contribution is 2.30. The second-order valence-electron chi connectivity index (χ2n) is 5.12. The Morgan fingerprint density at radius 1 is 1.33 bits per heavy atom. The van der Waals surface area contributed by atoms with Crippen LogP contribution in [0.3, 0.4) is 0 Å². The second-order valence-corrected chi connectivity index (χ2v) is 6.77. The van der Waals surface area contributed by atoms with Gasteiger partial charge in [0.15, 0.2) is 0 Å². The monoisotopic (exact) mass is 272 g/mol. The second kappa shape index (κ2) is 4.68. The molecule has 1 heterocycles. The van der Waals surface area contributed by atoms with Gasteiger partial charge < -0.3 is 10.2 Å². The molecule has 1 aromatic rings. The molecule has 1 aromatic heterocycles. The largest absolute Gasteiger partial charge is 0.465 e. The Bertz CT molecular complexity index is 542. The number of aryl methyl sites for hydroxylation is 2. The van der Waals surface area contributed by atoms with Crippen molar-refractivity contribution in [1.82, 2.24) is 4.72 Å². The average Bonchev–Trinajstić information content (AvgIpc) is 2.50. The van der Waals surface area contributed by atoms with E-state index < -0.39 is 10.0 Å². The fraction of sp³-hybridized carbons (Fsp3) is 0.667. The van der Waals surface area contributed by atoms with Crippen LogP contribution in [0.15, 0.2) is 9.31 Å². The molecule has 0 radical (unpaired) electrons. The van der Waals surface area contributed by atoms with Crippen molar-refractivity contribution in [2.75, 3.05) is 0 Å². The van der Waals surface area contributed by atoms with Gasteiger partial charge in [0.1, 0.15) is 16.4 Å². The molecule has 1 fully saturated rings. The first-order valence-electron chi connectivity index (χ1n) is 6.16. The van der Waals surface area contributed by atoms with E-state index in [1.54, 1.807) is 13.8 Å². The number of hydrogen-bond donors (Lipinski definition) is 2. The van der Waals surface area contributed by atoms with Crippen LogP contribution in [-0.2, 0) is 16.6 Å². The highest BCUT2D eigenvalue weighted by Gasteiger charge is 2.33. The fourth-order valence-corrected chi connectivity index (χ4v) is 4.30. The van der Waals surface area contributed by atoms with Crippen LogP contribution in [0.4, 0.5) is 0 Å². The van der Waals surface area contributed by atoms with Crippen LogP contribution >= 0.6 is 0 Å². The van der Waals surface area contributed by atoms with Crippen LogP contribution in [0.1, 0.15) is 36.8 Å². The van der Waals surface area contributed by atoms with Gasteiger partial charge in [-0.25, -0.2) is 13.1 Å². The molecule has 6 heteroatoms. The van der Waals surface area contributed by atoms with E-state index in [0.717, 1.165) is 12.8 Å². The first-order valence-corrected chi connectivity index (χ1v) is 7.64. The van der Waals surface area contributed by atoms with E-state index in [-0.39, 0.29) is 17.5 Å². The van der Waals surface area contributed by atoms with Crippen molar-refractivity contribution in [3.8, 4) is 0 Å². The predicted octanol–water partition coefficient (Wildman–Crippen LogP) is 1.43. The van der Waals surface area contributed by atoms with Crippen molar-refractivity contribution in [3.63, 3.8) is 0 Å². The molecule has 3 N–H and O–H groups in total. The third-order valence-corrected chi connectivity index (χ3v) is 5.21. The van der Waals surface area contributed by atoms with Crippen LogP contribution in [-0.4, -0.2) is 14.5 Å². The van der Waals surface area contributed by atoms with Crippen molar-refractivity contribution in [3.05, 3.63) is 17.1 Å². The van der Waals surface area contributed by atoms with E-state index in [9.17, 15) is 8.42 Å². The summed E-state index contributed by atoms with van der Waals surface area (Å²) >= 11 is 0. The maximum absolute atomic E-state index is 12.3. The number of nitrogens with two attached hydrogens (primary N) is 1. The lowest BCUT2D eigenvalue weighted by atomic mass is 9.83. The number of furan rings is 1. The number of rotatable bonds is 4. The molecular formula is C12H20N2O3S. The molecule has 102 valence electrons. The van der Waals surface area contributed by atoms with Crippen LogP contribution in [0.5, 0.6) is 0 Å². The summed E-state index contributed by atoms with van der Waals surface area (Å²) in [6, 6.07) is 0.0465. The zero-order valence-corrected chi connectivity index (χ0v) is 11.8. The summed E-state index contributed by atoms with van der Waals surface area (Å²) in [5, 5.41) is 0. The maximum Gasteiger partial charge on any atom is 0.244 e. The summed E-state index contributed by atoms with van der Waals surface area (Å²) in [5.41, 5.74) is 6.18. The van der Waals surface area contributed by atoms with Gasteiger partial charge in [0.25, 0.3) is 0 Å². The van der Waals surface area contributed by atoms with Crippen LogP contribution in [0.25, 0.3) is 0 Å². The summed E-state index contributed by atoms with van der Waals surface area (Å²) in [5.74, 6) is 1.59. The van der Waals surface area contributed by atoms with Crippen molar-refractivity contribution >= 4 is 10.0 Å². The minimum atomic E-state index is -3.52. The quantitative estimate of drug-likeness (QED) is 0.868. The van der Waals surface area contributed by atoms with Gasteiger partial charge in [-0.05, 0) is 32.6 Å². The summed E-state index contributed by atoms with van der Waals surface area (Å²) in [7, 11) is -3.52. The molecule has 0 amide bonds. The third-order valence-electron chi connectivity index (χ3n) is 3.49. The first kappa shape index (κ1) is 13.6. The molecule has 0 unspecified atom stereocenters. The number of sulfonamides is 1. The van der Waals surface area contributed by atoms with Gasteiger partial charge in [-0.15, -0.1) is 0 Å². The van der Waals surface area contributed by atoms with Crippen LogP contribution in [0.2, 0.25) is 0 Å². The van der Waals surface area contributed by atoms with E-state index >= 15 is 0 Å². The van der Waals surface area contributed by atoms with Crippen LogP contribution < -0.4 is 10.5 Å². The lowest BCUT2D eigenvalue weighted by Crippen LogP contribution is -2.43. The molecular weight excluding hydrogens is 252 g/mol. The zero-order valence-electron chi connectivity index (χ0n) is 11.0. The summed E-state index contributed by atoms with van der Waals surface area (Å²) < 4.78 is 32.8. The van der Waals surface area contributed by atoms with E-state index in [0.29, 0.717) is 23.0 Å². The molecule has 2 rings (SSSR count). The highest BCUT2D eigenvalue weighted by molar-refractivity contribution is 7.89. The maximum atomic E-state index is 12.3. The summed E-state index contributed by atoms with van der Waals surface area (Å²) in [6.07, 6.45) is 1.79. The molecule has 0 spiro atoms. The molecule has 18 heavy (non-hydrogen) atoms. The molecule has 0 aromatic carbocycles. The SMILES string of the molecule is Cc1oc(C)c(S(=O)(=O)NC2CC(C)C2)c1CN. The Morgan fingerprint density at radius 3 is 2.44 bits per heavy atom. The van der Waals surface area contributed by atoms with Crippen molar-refractivity contribution in [1.29, 1.82) is 0 Å². The molecule has 1 saturated carbocycles. The Balaban J connectivity index is 2.29. The van der Waals surface area contributed by atoms with Crippen molar-refractivity contribution < 1.29 is 12.8 Å². The van der Waals surface area contributed by atoms with E-state index in [2.05, 4.69) is 11.6 Å². The van der Waals surface area contributed by atoms with E-state index in [4.69, 9.17) is 10.2 Å². The normalized spacial score (nSPS) is 24.0. The Hall–Kier alpha value is -0.850. The van der Waals surface area contributed by atoms with Gasteiger partial charge in [-0.2, -0.15) is 0 Å². The molecule has 0 atom stereocenters. The van der Waals surface area contributed by atoms with Gasteiger partial charge in [-0.1, -0.05) is 6.92 Å². The molecule has 5 nitrogen and oxygen atoms in total. The van der Waals surface area contributed by atoms with Gasteiger partial charge in [0.2, 0.25) is 10.0 Å². The molecule has 1 aliphatic carbocycles. The Morgan fingerprint density at radius 2 is 1.94 bits per heavy atom. The lowest BCUT2D eigenvalue weighted by Gasteiger charge is -2.32. The van der Waals surface area contributed by atoms with Gasteiger partial charge in [-0.3, -0.25) is 0 Å². The van der Waals surface area contributed by atoms with Crippen molar-refractivity contribution in [2.24, 2.45) is 11.7 Å². The molecule has 0 saturated heterocycles. The van der Waals surface area contributed by atoms with Crippen molar-refractivity contribution in [2.45, 2.75) is 51.1 Å². The standard InChI is InChI=1S/C12H20N2O3S/c1-7-4-10(5-7)14-18(15,16)12-9(3)17-8(2)11(12)6-13/h7,10,14H,4-6,13H2,1-3H3. The van der Waals surface area contributed by atoms with Gasteiger partial charge >= 0.3 is 0 Å². The number of hydrogen-bond acceptors (Lipinski definition) is 4. The lowest BCUT2D eigenvalue weighted by molar-refractivity contribution is 0.270. The summed E-state index contributed by atoms with van der Waals surface area (Å²) in [6.45, 7) is 5.67. The topological polar surface area (TPSA) is 85.3 Å². The highest BCUT2D eigenvalue weighted by atomic mass is 32.2. The Kier molecular flexibility index (Phi) is 3.53. The van der Waals surface area contributed by atoms with Gasteiger partial charge in [0.05, 0.1) is 0 Å². The minimum absolute atomic E-state index is 0.0465. The predicted molar refractivity (Wildman–Crippen MR) is 68.6 cm³/mol. The third kappa shape index (κ3) is 2.32. The van der Waals surface area contributed by atoms with Gasteiger partial charge in [0, 0.05) is 18.2 Å². The minimum Gasteiger partial charge on any atom is -0.465 e. The Labute approximate surface area is 108 Å². The molecule has 0 bridgehead atoms. The molecule has 1 aliphatic rings. The number of nitrogens with one attached hydrogen (secondary N) is 1. The summed E-state index contributed by atoms with van der Waals surface area (Å²) in [4.78, 5) is 0.224. The van der Waals surface area contributed by atoms with E-state index in [1.807, 2.05) is 0 Å². The fourth-order valence-electron chi connectivity index (χ4n) is 2.57. The smallest absolute Gasteiger partial charge is 0.244 e. The van der Waals surface area contributed by atoms with Crippen LogP contribution in [0, 0.1) is 19.8 Å². The average molecular weight is 272 g/mol. The molecule has 0 aliphatic heterocycles. The first-order chi connectivity index (χ1) is 8.35. The van der Waals surface area contributed by atoms with E-state index in [1.165, 1.54) is 0 Å².